The lowest BCUT2D eigenvalue weighted by atomic mass is 9.91. The number of rotatable bonds is 4. The number of hydrogen-bond donors (Lipinski definition) is 1. The molecule has 16 heavy (non-hydrogen) atoms. The second-order valence-corrected chi connectivity index (χ2v) is 6.62. The van der Waals surface area contributed by atoms with Gasteiger partial charge in [-0.15, -0.1) is 11.3 Å². The van der Waals surface area contributed by atoms with Crippen LogP contribution in [0.1, 0.15) is 30.7 Å². The summed E-state index contributed by atoms with van der Waals surface area (Å²) in [6.07, 6.45) is 2.35. The molecule has 0 bridgehead atoms. The van der Waals surface area contributed by atoms with Gasteiger partial charge in [0.1, 0.15) is 0 Å². The molecule has 4 heteroatoms. The van der Waals surface area contributed by atoms with Gasteiger partial charge in [0, 0.05) is 24.1 Å². The molecule has 2 heterocycles. The zero-order chi connectivity index (χ0) is 11.4. The maximum Gasteiger partial charge on any atom is 0.0701 e. The Kier molecular flexibility index (Phi) is 4.82. The first-order valence-corrected chi connectivity index (χ1v) is 7.48. The van der Waals surface area contributed by atoms with E-state index >= 15 is 0 Å². The standard InChI is InChI=1S/C12H18BrNOS/c1-2-14-12(9-5-7-15-8-6-9)10-3-4-11(13)16-10/h3-4,9,12,14H,2,5-8H2,1H3. The van der Waals surface area contributed by atoms with E-state index in [2.05, 4.69) is 40.3 Å². The predicted molar refractivity (Wildman–Crippen MR) is 72.0 cm³/mol. The third-order valence-electron chi connectivity index (χ3n) is 3.06. The highest BCUT2D eigenvalue weighted by Gasteiger charge is 2.25. The highest BCUT2D eigenvalue weighted by atomic mass is 79.9. The van der Waals surface area contributed by atoms with Crippen LogP contribution in [-0.4, -0.2) is 19.8 Å². The second kappa shape index (κ2) is 6.15. The van der Waals surface area contributed by atoms with Crippen molar-refractivity contribution in [1.82, 2.24) is 5.32 Å². The van der Waals surface area contributed by atoms with Crippen LogP contribution in [0.3, 0.4) is 0 Å². The third-order valence-corrected chi connectivity index (χ3v) is 4.77. The van der Waals surface area contributed by atoms with Gasteiger partial charge >= 0.3 is 0 Å². The summed E-state index contributed by atoms with van der Waals surface area (Å²) in [5.74, 6) is 0.722. The van der Waals surface area contributed by atoms with E-state index in [1.54, 1.807) is 0 Å². The summed E-state index contributed by atoms with van der Waals surface area (Å²) in [7, 11) is 0. The van der Waals surface area contributed by atoms with Gasteiger partial charge in [0.2, 0.25) is 0 Å². The Labute approximate surface area is 110 Å². The first-order valence-electron chi connectivity index (χ1n) is 5.87. The lowest BCUT2D eigenvalue weighted by Crippen LogP contribution is -2.31. The Bertz CT molecular complexity index is 323. The molecule has 0 aromatic carbocycles. The Morgan fingerprint density at radius 1 is 1.50 bits per heavy atom. The van der Waals surface area contributed by atoms with Crippen LogP contribution < -0.4 is 5.32 Å². The number of halogens is 1. The molecule has 1 fully saturated rings. The number of hydrogen-bond acceptors (Lipinski definition) is 3. The van der Waals surface area contributed by atoms with Crippen LogP contribution in [-0.2, 0) is 4.74 Å². The van der Waals surface area contributed by atoms with Gasteiger partial charge in [-0.1, -0.05) is 6.92 Å². The van der Waals surface area contributed by atoms with Gasteiger partial charge in [-0.25, -0.2) is 0 Å². The van der Waals surface area contributed by atoms with E-state index < -0.39 is 0 Å². The Morgan fingerprint density at radius 2 is 2.25 bits per heavy atom. The van der Waals surface area contributed by atoms with Gasteiger partial charge in [0.05, 0.1) is 3.79 Å². The highest BCUT2D eigenvalue weighted by molar-refractivity contribution is 9.11. The van der Waals surface area contributed by atoms with Crippen LogP contribution in [0, 0.1) is 5.92 Å². The summed E-state index contributed by atoms with van der Waals surface area (Å²) in [4.78, 5) is 1.45. The monoisotopic (exact) mass is 303 g/mol. The molecular weight excluding hydrogens is 286 g/mol. The largest absolute Gasteiger partial charge is 0.381 e. The SMILES string of the molecule is CCNC(c1ccc(Br)s1)C1CCOCC1. The molecule has 0 radical (unpaired) electrons. The molecular formula is C12H18BrNOS. The number of ether oxygens (including phenoxy) is 1. The minimum atomic E-state index is 0.505. The maximum atomic E-state index is 5.44. The van der Waals surface area contributed by atoms with Crippen molar-refractivity contribution in [3.8, 4) is 0 Å². The first-order chi connectivity index (χ1) is 7.81. The Balaban J connectivity index is 2.09. The number of thiophene rings is 1. The molecule has 0 saturated carbocycles. The van der Waals surface area contributed by atoms with Crippen molar-refractivity contribution in [3.63, 3.8) is 0 Å². The first kappa shape index (κ1) is 12.6. The normalized spacial score (nSPS) is 19.9. The van der Waals surface area contributed by atoms with Crippen LogP contribution in [0.25, 0.3) is 0 Å². The van der Waals surface area contributed by atoms with Crippen molar-refractivity contribution >= 4 is 27.3 Å². The summed E-state index contributed by atoms with van der Waals surface area (Å²) in [5, 5.41) is 3.62. The molecule has 1 aliphatic rings. The van der Waals surface area contributed by atoms with Gasteiger partial charge in [-0.2, -0.15) is 0 Å². The fourth-order valence-electron chi connectivity index (χ4n) is 2.26. The van der Waals surface area contributed by atoms with Gasteiger partial charge in [-0.05, 0) is 53.4 Å². The molecule has 0 aliphatic carbocycles. The Morgan fingerprint density at radius 3 is 2.81 bits per heavy atom. The van der Waals surface area contributed by atoms with Gasteiger partial charge in [0.25, 0.3) is 0 Å². The van der Waals surface area contributed by atoms with E-state index in [4.69, 9.17) is 4.74 Å². The van der Waals surface area contributed by atoms with E-state index in [1.165, 1.54) is 21.5 Å². The number of nitrogens with one attached hydrogen (secondary N) is 1. The topological polar surface area (TPSA) is 21.3 Å². The van der Waals surface area contributed by atoms with Gasteiger partial charge < -0.3 is 10.1 Å². The van der Waals surface area contributed by atoms with Crippen LogP contribution in [0.4, 0.5) is 0 Å². The van der Waals surface area contributed by atoms with Gasteiger partial charge in [0.15, 0.2) is 0 Å². The molecule has 1 aromatic heterocycles. The molecule has 1 atom stereocenters. The Hall–Kier alpha value is 0.1000. The molecule has 0 spiro atoms. The van der Waals surface area contributed by atoms with E-state index in [0.29, 0.717) is 6.04 Å². The van der Waals surface area contributed by atoms with Crippen LogP contribution >= 0.6 is 27.3 Å². The van der Waals surface area contributed by atoms with Crippen molar-refractivity contribution < 1.29 is 4.74 Å². The molecule has 2 nitrogen and oxygen atoms in total. The molecule has 1 unspecified atom stereocenters. The fraction of sp³-hybridized carbons (Fsp3) is 0.667. The van der Waals surface area contributed by atoms with E-state index in [-0.39, 0.29) is 0 Å². The van der Waals surface area contributed by atoms with E-state index in [0.717, 1.165) is 25.7 Å². The summed E-state index contributed by atoms with van der Waals surface area (Å²) < 4.78 is 6.66. The van der Waals surface area contributed by atoms with Crippen molar-refractivity contribution in [3.05, 3.63) is 20.8 Å². The highest BCUT2D eigenvalue weighted by Crippen LogP contribution is 2.35. The van der Waals surface area contributed by atoms with Crippen LogP contribution in [0.2, 0.25) is 0 Å². The lowest BCUT2D eigenvalue weighted by molar-refractivity contribution is 0.0542. The maximum absolute atomic E-state index is 5.44. The lowest BCUT2D eigenvalue weighted by Gasteiger charge is -2.30. The van der Waals surface area contributed by atoms with Crippen LogP contribution in [0.15, 0.2) is 15.9 Å². The minimum Gasteiger partial charge on any atom is -0.381 e. The summed E-state index contributed by atoms with van der Waals surface area (Å²) in [6, 6.07) is 4.88. The molecule has 90 valence electrons. The van der Waals surface area contributed by atoms with Crippen LogP contribution in [0.5, 0.6) is 0 Å². The van der Waals surface area contributed by atoms with E-state index in [1.807, 2.05) is 11.3 Å². The van der Waals surface area contributed by atoms with Crippen molar-refractivity contribution in [2.24, 2.45) is 5.92 Å². The average molecular weight is 304 g/mol. The van der Waals surface area contributed by atoms with Crippen molar-refractivity contribution in [2.75, 3.05) is 19.8 Å². The third kappa shape index (κ3) is 3.06. The second-order valence-electron chi connectivity index (χ2n) is 4.13. The fourth-order valence-corrected chi connectivity index (χ4v) is 3.86. The van der Waals surface area contributed by atoms with Crippen molar-refractivity contribution in [2.45, 2.75) is 25.8 Å². The molecule has 1 aliphatic heterocycles. The average Bonchev–Trinajstić information content (AvgIpc) is 2.74. The van der Waals surface area contributed by atoms with Crippen molar-refractivity contribution in [1.29, 1.82) is 0 Å². The summed E-state index contributed by atoms with van der Waals surface area (Å²) in [5.41, 5.74) is 0. The van der Waals surface area contributed by atoms with E-state index in [9.17, 15) is 0 Å². The summed E-state index contributed by atoms with van der Waals surface area (Å²) >= 11 is 5.38. The molecule has 1 N–H and O–H groups in total. The molecule has 1 saturated heterocycles. The minimum absolute atomic E-state index is 0.505. The predicted octanol–water partition coefficient (Wildman–Crippen LogP) is 3.59. The summed E-state index contributed by atoms with van der Waals surface area (Å²) in [6.45, 7) is 5.03. The zero-order valence-corrected chi connectivity index (χ0v) is 11.9. The zero-order valence-electron chi connectivity index (χ0n) is 9.54. The molecule has 2 rings (SSSR count). The molecule has 0 amide bonds. The smallest absolute Gasteiger partial charge is 0.0701 e. The quantitative estimate of drug-likeness (QED) is 0.918. The van der Waals surface area contributed by atoms with Gasteiger partial charge in [-0.3, -0.25) is 0 Å². The molecule has 1 aromatic rings.